The Balaban J connectivity index is 2.91. The first kappa shape index (κ1) is 22.8. The van der Waals surface area contributed by atoms with Crippen molar-refractivity contribution >= 4 is 45.8 Å². The van der Waals surface area contributed by atoms with Gasteiger partial charge in [-0.15, -0.1) is 0 Å². The highest BCUT2D eigenvalue weighted by Crippen LogP contribution is 2.28. The minimum atomic E-state index is -0.238. The van der Waals surface area contributed by atoms with Crippen LogP contribution < -0.4 is 0 Å². The Kier molecular flexibility index (Phi) is 9.47. The average Bonchev–Trinajstić information content (AvgIpc) is 2.59. The van der Waals surface area contributed by atoms with Crippen LogP contribution in [0.15, 0.2) is 46.0 Å². The van der Waals surface area contributed by atoms with Crippen LogP contribution in [0.2, 0.25) is 0 Å². The van der Waals surface area contributed by atoms with E-state index in [1.807, 2.05) is 20.8 Å². The summed E-state index contributed by atoms with van der Waals surface area (Å²) in [5.74, 6) is 0.408. The number of aliphatic hydroxyl groups is 1. The van der Waals surface area contributed by atoms with Crippen molar-refractivity contribution in [1.82, 2.24) is 9.80 Å². The molecular formula is C19H27ClN2O2S2. The van der Waals surface area contributed by atoms with E-state index in [9.17, 15) is 9.90 Å². The van der Waals surface area contributed by atoms with Crippen LogP contribution in [0.3, 0.4) is 0 Å². The van der Waals surface area contributed by atoms with E-state index in [0.717, 1.165) is 35.0 Å². The van der Waals surface area contributed by atoms with Gasteiger partial charge in [0.2, 0.25) is 0 Å². The van der Waals surface area contributed by atoms with Crippen LogP contribution in [-0.2, 0) is 4.79 Å². The lowest BCUT2D eigenvalue weighted by molar-refractivity contribution is -0.122. The Morgan fingerprint density at radius 3 is 2.50 bits per heavy atom. The molecule has 0 saturated heterocycles. The lowest BCUT2D eigenvalue weighted by Crippen LogP contribution is -2.28. The van der Waals surface area contributed by atoms with Crippen molar-refractivity contribution < 1.29 is 9.90 Å². The molecule has 0 aliphatic carbocycles. The largest absolute Gasteiger partial charge is 0.506 e. The number of aliphatic hydroxyl groups excluding tert-OH is 1. The molecule has 0 fully saturated rings. The van der Waals surface area contributed by atoms with E-state index in [-0.39, 0.29) is 11.7 Å². The van der Waals surface area contributed by atoms with Crippen LogP contribution in [0.25, 0.3) is 0 Å². The van der Waals surface area contributed by atoms with Crippen molar-refractivity contribution in [2.24, 2.45) is 0 Å². The highest BCUT2D eigenvalue weighted by Gasteiger charge is 2.24. The summed E-state index contributed by atoms with van der Waals surface area (Å²) >= 11 is 13.0. The molecule has 0 aromatic carbocycles. The number of amides is 1. The summed E-state index contributed by atoms with van der Waals surface area (Å²) in [6, 6.07) is 0. The van der Waals surface area contributed by atoms with Gasteiger partial charge in [-0.05, 0) is 39.7 Å². The minimum Gasteiger partial charge on any atom is -0.506 e. The number of hydrogen-bond donors (Lipinski definition) is 1. The second kappa shape index (κ2) is 10.8. The van der Waals surface area contributed by atoms with Crippen molar-refractivity contribution in [3.8, 4) is 0 Å². The quantitative estimate of drug-likeness (QED) is 0.469. The fourth-order valence-electron chi connectivity index (χ4n) is 2.38. The first-order chi connectivity index (χ1) is 12.2. The van der Waals surface area contributed by atoms with E-state index in [2.05, 4.69) is 18.7 Å². The van der Waals surface area contributed by atoms with E-state index >= 15 is 0 Å². The van der Waals surface area contributed by atoms with E-state index in [1.54, 1.807) is 17.8 Å². The van der Waals surface area contributed by atoms with Crippen molar-refractivity contribution in [3.63, 3.8) is 0 Å². The van der Waals surface area contributed by atoms with Crippen LogP contribution in [0.5, 0.6) is 0 Å². The third kappa shape index (κ3) is 6.18. The minimum absolute atomic E-state index is 0.00772. The number of carbonyl (C=O) groups excluding carboxylic acids is 1. The average molecular weight is 415 g/mol. The molecular weight excluding hydrogens is 388 g/mol. The normalized spacial score (nSPS) is 16.8. The van der Waals surface area contributed by atoms with Gasteiger partial charge in [0.15, 0.2) is 0 Å². The molecule has 0 bridgehead atoms. The molecule has 1 aliphatic rings. The first-order valence-electron chi connectivity index (χ1n) is 8.65. The summed E-state index contributed by atoms with van der Waals surface area (Å²) < 4.78 is 0.833. The maximum absolute atomic E-state index is 12.7. The van der Waals surface area contributed by atoms with Gasteiger partial charge < -0.3 is 10.0 Å². The van der Waals surface area contributed by atoms with Crippen molar-refractivity contribution in [1.29, 1.82) is 0 Å². The third-order valence-corrected chi connectivity index (χ3v) is 5.92. The fraction of sp³-hybridized carbons (Fsp3) is 0.474. The Hall–Kier alpha value is -1.24. The standard InChI is InChI=1S/C19H27ClN2O2S2/c1-6-14(5)18-16(23)10-15(20)11-22(18)17(24)9-13(4)12-26-19(25)21(7-2)8-3/h9-11,23H,6-8,12H2,1-5H3/b13-9+,18-14-. The number of hydrogen-bond acceptors (Lipinski definition) is 4. The van der Waals surface area contributed by atoms with Crippen molar-refractivity contribution in [2.45, 2.75) is 41.0 Å². The van der Waals surface area contributed by atoms with Gasteiger partial charge in [0, 0.05) is 37.2 Å². The Labute approximate surface area is 171 Å². The topological polar surface area (TPSA) is 43.8 Å². The van der Waals surface area contributed by atoms with E-state index < -0.39 is 0 Å². The van der Waals surface area contributed by atoms with Gasteiger partial charge in [0.1, 0.15) is 10.1 Å². The van der Waals surface area contributed by atoms with Gasteiger partial charge >= 0.3 is 0 Å². The maximum atomic E-state index is 12.7. The molecule has 1 amide bonds. The molecule has 1 aliphatic heterocycles. The van der Waals surface area contributed by atoms with Crippen LogP contribution >= 0.6 is 35.6 Å². The highest BCUT2D eigenvalue weighted by molar-refractivity contribution is 8.23. The summed E-state index contributed by atoms with van der Waals surface area (Å²) in [5, 5.41) is 10.5. The summed E-state index contributed by atoms with van der Waals surface area (Å²) in [7, 11) is 0. The van der Waals surface area contributed by atoms with Crippen LogP contribution in [0.4, 0.5) is 0 Å². The molecule has 1 heterocycles. The molecule has 0 aromatic heterocycles. The molecule has 7 heteroatoms. The molecule has 0 saturated carbocycles. The number of thioether (sulfide) groups is 1. The summed E-state index contributed by atoms with van der Waals surface area (Å²) in [6.07, 6.45) is 5.28. The number of rotatable bonds is 6. The summed E-state index contributed by atoms with van der Waals surface area (Å²) in [5.41, 5.74) is 2.31. The Bertz CT molecular complexity index is 677. The molecule has 1 rings (SSSR count). The van der Waals surface area contributed by atoms with Gasteiger partial charge in [-0.25, -0.2) is 0 Å². The van der Waals surface area contributed by atoms with E-state index in [0.29, 0.717) is 16.5 Å². The Morgan fingerprint density at radius 2 is 1.96 bits per heavy atom. The van der Waals surface area contributed by atoms with Gasteiger partial charge in [-0.1, -0.05) is 48.1 Å². The van der Waals surface area contributed by atoms with Crippen LogP contribution in [-0.4, -0.2) is 44.0 Å². The van der Waals surface area contributed by atoms with Crippen molar-refractivity contribution in [2.75, 3.05) is 18.8 Å². The maximum Gasteiger partial charge on any atom is 0.255 e. The lowest BCUT2D eigenvalue weighted by Gasteiger charge is -2.26. The smallest absolute Gasteiger partial charge is 0.255 e. The van der Waals surface area contributed by atoms with Crippen LogP contribution in [0.1, 0.15) is 41.0 Å². The van der Waals surface area contributed by atoms with Crippen molar-refractivity contribution in [3.05, 3.63) is 46.0 Å². The van der Waals surface area contributed by atoms with E-state index in [4.69, 9.17) is 23.8 Å². The number of carbonyl (C=O) groups is 1. The van der Waals surface area contributed by atoms with Gasteiger partial charge in [-0.3, -0.25) is 9.69 Å². The first-order valence-corrected chi connectivity index (χ1v) is 10.4. The lowest BCUT2D eigenvalue weighted by atomic mass is 10.1. The summed E-state index contributed by atoms with van der Waals surface area (Å²) in [4.78, 5) is 16.3. The van der Waals surface area contributed by atoms with Crippen LogP contribution in [0, 0.1) is 0 Å². The second-order valence-corrected chi connectivity index (χ2v) is 8.00. The number of thiocarbonyl (C=S) groups is 1. The number of halogens is 1. The Morgan fingerprint density at radius 1 is 1.35 bits per heavy atom. The molecule has 0 aromatic rings. The summed E-state index contributed by atoms with van der Waals surface area (Å²) in [6.45, 7) is 11.6. The molecule has 0 radical (unpaired) electrons. The molecule has 0 atom stereocenters. The third-order valence-electron chi connectivity index (χ3n) is 4.00. The van der Waals surface area contributed by atoms with Gasteiger partial charge in [0.05, 0.1) is 10.7 Å². The predicted molar refractivity (Wildman–Crippen MR) is 116 cm³/mol. The molecule has 1 N–H and O–H groups in total. The number of allylic oxidation sites excluding steroid dienone is 3. The zero-order valence-electron chi connectivity index (χ0n) is 16.0. The highest BCUT2D eigenvalue weighted by atomic mass is 35.5. The molecule has 26 heavy (non-hydrogen) atoms. The van der Waals surface area contributed by atoms with Gasteiger partial charge in [0.25, 0.3) is 5.91 Å². The predicted octanol–water partition coefficient (Wildman–Crippen LogP) is 5.34. The number of nitrogens with zero attached hydrogens (tertiary/aromatic N) is 2. The SMILES string of the molecule is CC/C(C)=C1/C(O)=CC(Cl)=CN1C(=O)/C=C(\C)CSC(=S)N(CC)CC. The molecule has 4 nitrogen and oxygen atoms in total. The monoisotopic (exact) mass is 414 g/mol. The molecule has 0 spiro atoms. The zero-order valence-corrected chi connectivity index (χ0v) is 18.4. The van der Waals surface area contributed by atoms with E-state index in [1.165, 1.54) is 17.2 Å². The van der Waals surface area contributed by atoms with Gasteiger partial charge in [-0.2, -0.15) is 0 Å². The second-order valence-electron chi connectivity index (χ2n) is 5.95. The zero-order chi connectivity index (χ0) is 19.9. The molecule has 144 valence electrons. The fourth-order valence-corrected chi connectivity index (χ4v) is 3.89. The molecule has 0 unspecified atom stereocenters.